The first-order valence-electron chi connectivity index (χ1n) is 13.1. The zero-order valence-corrected chi connectivity index (χ0v) is 22.7. The number of nitrogens with zero attached hydrogens (tertiary/aromatic N) is 1. The van der Waals surface area contributed by atoms with Gasteiger partial charge in [0.05, 0.1) is 24.5 Å². The molecule has 1 amide bonds. The maximum absolute atomic E-state index is 14.2. The molecule has 1 aromatic heterocycles. The maximum Gasteiger partial charge on any atom is 0.348 e. The molecule has 3 atom stereocenters. The fraction of sp³-hybridized carbons (Fsp3) is 0.714. The molecule has 1 aliphatic heterocycles. The summed E-state index contributed by atoms with van der Waals surface area (Å²) >= 11 is 1.31. The van der Waals surface area contributed by atoms with E-state index in [4.69, 9.17) is 9.47 Å². The molecule has 2 heterocycles. The minimum absolute atomic E-state index is 0.0121. The molecule has 0 aromatic carbocycles. The van der Waals surface area contributed by atoms with Gasteiger partial charge in [-0.05, 0) is 69.3 Å². The first-order valence-corrected chi connectivity index (χ1v) is 14.0. The lowest BCUT2D eigenvalue weighted by atomic mass is 9.79. The van der Waals surface area contributed by atoms with Crippen LogP contribution in [-0.4, -0.2) is 48.4 Å². The number of carbonyl (C=O) groups is 2. The van der Waals surface area contributed by atoms with Crippen LogP contribution in [0.15, 0.2) is 17.7 Å². The number of hydrogen-bond donors (Lipinski definition) is 1. The number of thiophene rings is 1. The highest BCUT2D eigenvalue weighted by molar-refractivity contribution is 7.14. The second kappa shape index (κ2) is 10.7. The molecular weight excluding hydrogens is 462 g/mol. The molecule has 4 rings (SSSR count). The molecule has 0 radical (unpaired) electrons. The number of ether oxygens (including phenoxy) is 2. The average Bonchev–Trinajstić information content (AvgIpc) is 3.45. The molecule has 1 saturated carbocycles. The van der Waals surface area contributed by atoms with Gasteiger partial charge in [-0.1, -0.05) is 39.3 Å². The molecule has 1 aromatic rings. The Kier molecular flexibility index (Phi) is 8.08. The van der Waals surface area contributed by atoms with Gasteiger partial charge >= 0.3 is 5.97 Å². The normalized spacial score (nSPS) is 29.6. The van der Waals surface area contributed by atoms with E-state index in [0.29, 0.717) is 12.3 Å². The van der Waals surface area contributed by atoms with Gasteiger partial charge < -0.3 is 19.5 Å². The van der Waals surface area contributed by atoms with Crippen LogP contribution < -0.4 is 4.90 Å². The van der Waals surface area contributed by atoms with Crippen molar-refractivity contribution < 1.29 is 24.2 Å². The first kappa shape index (κ1) is 26.4. The summed E-state index contributed by atoms with van der Waals surface area (Å²) in [6.07, 6.45) is 8.52. The summed E-state index contributed by atoms with van der Waals surface area (Å²) in [5, 5.41) is 10.1. The topological polar surface area (TPSA) is 76.1 Å². The van der Waals surface area contributed by atoms with E-state index < -0.39 is 5.97 Å². The molecule has 2 fully saturated rings. The van der Waals surface area contributed by atoms with Crippen LogP contribution in [0.4, 0.5) is 5.69 Å². The molecule has 35 heavy (non-hydrogen) atoms. The fourth-order valence-electron chi connectivity index (χ4n) is 5.73. The summed E-state index contributed by atoms with van der Waals surface area (Å²) in [6, 6.07) is 1.96. The summed E-state index contributed by atoms with van der Waals surface area (Å²) in [5.41, 5.74) is 1.73. The Morgan fingerprint density at radius 3 is 2.43 bits per heavy atom. The van der Waals surface area contributed by atoms with Gasteiger partial charge in [0.1, 0.15) is 4.88 Å². The van der Waals surface area contributed by atoms with Crippen molar-refractivity contribution in [1.82, 2.24) is 0 Å². The Hall–Kier alpha value is -1.70. The van der Waals surface area contributed by atoms with Crippen molar-refractivity contribution in [3.05, 3.63) is 27.5 Å². The lowest BCUT2D eigenvalue weighted by Crippen LogP contribution is -2.48. The maximum atomic E-state index is 14.2. The van der Waals surface area contributed by atoms with Crippen LogP contribution in [0.2, 0.25) is 0 Å². The van der Waals surface area contributed by atoms with Crippen LogP contribution >= 0.6 is 11.3 Å². The monoisotopic (exact) mass is 503 g/mol. The second-order valence-electron chi connectivity index (χ2n) is 11.7. The van der Waals surface area contributed by atoms with Crippen molar-refractivity contribution in [2.75, 3.05) is 18.1 Å². The largest absolute Gasteiger partial charge is 0.477 e. The quantitative estimate of drug-likeness (QED) is 0.469. The molecular formula is C28H41NO5S. The first-order chi connectivity index (χ1) is 16.5. The third-order valence-electron chi connectivity index (χ3n) is 7.79. The van der Waals surface area contributed by atoms with Crippen molar-refractivity contribution >= 4 is 28.9 Å². The van der Waals surface area contributed by atoms with E-state index in [1.165, 1.54) is 16.9 Å². The highest BCUT2D eigenvalue weighted by Crippen LogP contribution is 2.42. The fourth-order valence-corrected chi connectivity index (χ4v) is 6.77. The number of carbonyl (C=O) groups excluding carboxylic acids is 1. The Labute approximate surface area is 213 Å². The Bertz CT molecular complexity index is 947. The summed E-state index contributed by atoms with van der Waals surface area (Å²) in [7, 11) is 0. The SMILES string of the molecule is CC1=CC[C@@H](C(=O)N(c2cc(C(C)(C)C)sc2C(=O)O)C2CCC(O[C@@H]3CCOC3)CC2)[C@H](C)C1. The van der Waals surface area contributed by atoms with Crippen molar-refractivity contribution in [1.29, 1.82) is 0 Å². The number of hydrogen-bond acceptors (Lipinski definition) is 5. The number of anilines is 1. The minimum Gasteiger partial charge on any atom is -0.477 e. The molecule has 6 nitrogen and oxygen atoms in total. The zero-order chi connectivity index (χ0) is 25.3. The highest BCUT2D eigenvalue weighted by Gasteiger charge is 2.39. The molecule has 0 unspecified atom stereocenters. The molecule has 1 saturated heterocycles. The van der Waals surface area contributed by atoms with Gasteiger partial charge in [0, 0.05) is 23.4 Å². The molecule has 194 valence electrons. The van der Waals surface area contributed by atoms with Gasteiger partial charge in [-0.15, -0.1) is 11.3 Å². The summed E-state index contributed by atoms with van der Waals surface area (Å²) < 4.78 is 11.7. The highest BCUT2D eigenvalue weighted by atomic mass is 32.1. The lowest BCUT2D eigenvalue weighted by molar-refractivity contribution is -0.124. The van der Waals surface area contributed by atoms with Crippen LogP contribution in [-0.2, 0) is 19.7 Å². The van der Waals surface area contributed by atoms with Crippen LogP contribution in [0.1, 0.15) is 94.1 Å². The van der Waals surface area contributed by atoms with Gasteiger partial charge in [-0.2, -0.15) is 0 Å². The van der Waals surface area contributed by atoms with Crippen LogP contribution in [0.5, 0.6) is 0 Å². The molecule has 2 aliphatic carbocycles. The standard InChI is InChI=1S/C28H41NO5S/c1-17-6-11-22(18(2)14-17)26(30)29(23-15-24(28(3,4)5)35-25(23)27(31)32)19-7-9-20(10-8-19)34-21-12-13-33-16-21/h6,15,18-22H,7-14,16H2,1-5H3,(H,31,32)/t18-,19?,20?,21-,22-/m1/s1. The number of rotatable bonds is 6. The van der Waals surface area contributed by atoms with Crippen molar-refractivity contribution in [2.45, 2.75) is 103 Å². The van der Waals surface area contributed by atoms with E-state index in [-0.39, 0.29) is 46.3 Å². The van der Waals surface area contributed by atoms with Gasteiger partial charge in [0.25, 0.3) is 0 Å². The van der Waals surface area contributed by atoms with E-state index in [2.05, 4.69) is 40.7 Å². The number of carboxylic acids is 1. The van der Waals surface area contributed by atoms with Crippen molar-refractivity contribution in [3.63, 3.8) is 0 Å². The second-order valence-corrected chi connectivity index (χ2v) is 12.8. The Morgan fingerprint density at radius 2 is 1.86 bits per heavy atom. The molecule has 0 spiro atoms. The van der Waals surface area contributed by atoms with Crippen molar-refractivity contribution in [2.24, 2.45) is 11.8 Å². The smallest absolute Gasteiger partial charge is 0.348 e. The zero-order valence-electron chi connectivity index (χ0n) is 21.8. The van der Waals surface area contributed by atoms with Crippen LogP contribution in [0.25, 0.3) is 0 Å². The summed E-state index contributed by atoms with van der Waals surface area (Å²) in [5.74, 6) is -0.756. The molecule has 7 heteroatoms. The number of amides is 1. The summed E-state index contributed by atoms with van der Waals surface area (Å²) in [6.45, 7) is 12.0. The predicted octanol–water partition coefficient (Wildman–Crippen LogP) is 6.19. The van der Waals surface area contributed by atoms with E-state index in [1.807, 2.05) is 11.0 Å². The Balaban J connectivity index is 1.63. The summed E-state index contributed by atoms with van der Waals surface area (Å²) in [4.78, 5) is 29.7. The van der Waals surface area contributed by atoms with Gasteiger partial charge in [-0.25, -0.2) is 4.79 Å². The molecule has 0 bridgehead atoms. The number of carboxylic acid groups (broad SMARTS) is 1. The predicted molar refractivity (Wildman–Crippen MR) is 139 cm³/mol. The van der Waals surface area contributed by atoms with Crippen molar-refractivity contribution in [3.8, 4) is 0 Å². The number of aromatic carboxylic acids is 1. The van der Waals surface area contributed by atoms with Crippen LogP contribution in [0.3, 0.4) is 0 Å². The molecule has 3 aliphatic rings. The lowest BCUT2D eigenvalue weighted by Gasteiger charge is -2.40. The van der Waals surface area contributed by atoms with Gasteiger partial charge in [0.2, 0.25) is 5.91 Å². The van der Waals surface area contributed by atoms with Gasteiger partial charge in [-0.3, -0.25) is 4.79 Å². The van der Waals surface area contributed by atoms with E-state index in [9.17, 15) is 14.7 Å². The van der Waals surface area contributed by atoms with Gasteiger partial charge in [0.15, 0.2) is 0 Å². The molecule has 1 N–H and O–H groups in total. The number of allylic oxidation sites excluding steroid dienone is 2. The third kappa shape index (κ3) is 6.00. The average molecular weight is 504 g/mol. The van der Waals surface area contributed by atoms with E-state index >= 15 is 0 Å². The minimum atomic E-state index is -0.955. The van der Waals surface area contributed by atoms with E-state index in [0.717, 1.165) is 56.4 Å². The van der Waals surface area contributed by atoms with E-state index in [1.54, 1.807) is 0 Å². The third-order valence-corrected chi connectivity index (χ3v) is 9.33. The van der Waals surface area contributed by atoms with Crippen LogP contribution in [0, 0.1) is 11.8 Å². The Morgan fingerprint density at radius 1 is 1.14 bits per heavy atom.